The number of hydrogen-bond acceptors (Lipinski definition) is 2. The predicted octanol–water partition coefficient (Wildman–Crippen LogP) is 3.17. The van der Waals surface area contributed by atoms with Crippen LogP contribution in [-0.4, -0.2) is 18.6 Å². The number of alkyl halides is 3. The van der Waals surface area contributed by atoms with Crippen molar-refractivity contribution in [2.45, 2.75) is 25.9 Å². The van der Waals surface area contributed by atoms with Gasteiger partial charge in [-0.2, -0.15) is 13.2 Å². The van der Waals surface area contributed by atoms with E-state index in [1.807, 2.05) is 6.92 Å². The van der Waals surface area contributed by atoms with Gasteiger partial charge in [-0.25, -0.2) is 0 Å². The van der Waals surface area contributed by atoms with E-state index in [9.17, 15) is 18.0 Å². The molecule has 0 atom stereocenters. The highest BCUT2D eigenvalue weighted by Crippen LogP contribution is 2.23. The highest BCUT2D eigenvalue weighted by Gasteiger charge is 2.40. The number of rotatable bonds is 5. The lowest BCUT2D eigenvalue weighted by molar-refractivity contribution is -0.165. The summed E-state index contributed by atoms with van der Waals surface area (Å²) in [6.45, 7) is 2.22. The third-order valence-corrected chi connectivity index (χ3v) is 1.82. The quantitative estimate of drug-likeness (QED) is 0.437. The summed E-state index contributed by atoms with van der Waals surface area (Å²) >= 11 is 2.50. The molecule has 0 aliphatic heterocycles. The lowest BCUT2D eigenvalue weighted by Crippen LogP contribution is -2.22. The number of carbonyl (C=O) groups excluding carboxylic acids is 1. The maximum Gasteiger partial charge on any atom is 0.455 e. The molecule has 0 heterocycles. The van der Waals surface area contributed by atoms with Crippen molar-refractivity contribution in [3.8, 4) is 0 Å². The fourth-order valence-corrected chi connectivity index (χ4v) is 0.906. The van der Waals surface area contributed by atoms with Crippen molar-refractivity contribution < 1.29 is 22.7 Å². The Morgan fingerprint density at radius 2 is 2.07 bits per heavy atom. The molecular formula is C8H10BrF3O2. The largest absolute Gasteiger partial charge is 0.500 e. The van der Waals surface area contributed by atoms with E-state index in [4.69, 9.17) is 4.74 Å². The third-order valence-electron chi connectivity index (χ3n) is 1.28. The monoisotopic (exact) mass is 274 g/mol. The number of hydrogen-bond donors (Lipinski definition) is 0. The first-order valence-electron chi connectivity index (χ1n) is 3.98. The molecule has 0 aromatic heterocycles. The van der Waals surface area contributed by atoms with E-state index in [1.165, 1.54) is 0 Å². The van der Waals surface area contributed by atoms with E-state index >= 15 is 0 Å². The van der Waals surface area contributed by atoms with Crippen molar-refractivity contribution >= 4 is 21.7 Å². The number of carbonyl (C=O) groups is 1. The van der Waals surface area contributed by atoms with E-state index in [2.05, 4.69) is 15.9 Å². The Kier molecular flexibility index (Phi) is 5.83. The van der Waals surface area contributed by atoms with Gasteiger partial charge in [0.15, 0.2) is 0 Å². The van der Waals surface area contributed by atoms with Gasteiger partial charge in [0.1, 0.15) is 10.7 Å². The highest BCUT2D eigenvalue weighted by atomic mass is 79.9. The van der Waals surface area contributed by atoms with E-state index in [0.717, 1.165) is 19.1 Å². The zero-order valence-electron chi connectivity index (χ0n) is 7.53. The van der Waals surface area contributed by atoms with Crippen LogP contribution >= 0.6 is 15.9 Å². The number of unbranched alkanes of at least 4 members (excludes halogenated alkanes) is 1. The van der Waals surface area contributed by atoms with Crippen LogP contribution in [0.3, 0.4) is 0 Å². The van der Waals surface area contributed by atoms with Crippen molar-refractivity contribution in [1.82, 2.24) is 0 Å². The van der Waals surface area contributed by atoms with Gasteiger partial charge in [0, 0.05) is 0 Å². The molecule has 0 aromatic rings. The summed E-state index contributed by atoms with van der Waals surface area (Å²) in [6, 6.07) is 0. The maximum absolute atomic E-state index is 11.8. The van der Waals surface area contributed by atoms with Gasteiger partial charge in [-0.05, 0) is 22.4 Å². The molecule has 0 rings (SSSR count). The van der Waals surface area contributed by atoms with Gasteiger partial charge in [0.2, 0.25) is 0 Å². The Labute approximate surface area is 88.2 Å². The van der Waals surface area contributed by atoms with Crippen LogP contribution < -0.4 is 0 Å². The smallest absolute Gasteiger partial charge is 0.455 e. The molecule has 0 bridgehead atoms. The van der Waals surface area contributed by atoms with E-state index in [-0.39, 0.29) is 0 Å². The molecule has 0 fully saturated rings. The zero-order chi connectivity index (χ0) is 11.2. The van der Waals surface area contributed by atoms with Crippen LogP contribution in [0.25, 0.3) is 0 Å². The molecule has 14 heavy (non-hydrogen) atoms. The molecule has 0 aliphatic carbocycles. The summed E-state index contributed by atoms with van der Waals surface area (Å²) in [5.74, 6) is -1.94. The standard InChI is InChI=1S/C8H10BrF3O2/c1-2-3-4-14-5-6(9)7(13)8(10,11)12/h5H,2-4H2,1H3/b6-5-. The second-order valence-electron chi connectivity index (χ2n) is 2.52. The fourth-order valence-electron chi connectivity index (χ4n) is 0.549. The van der Waals surface area contributed by atoms with Crippen molar-refractivity contribution in [3.63, 3.8) is 0 Å². The number of halogens is 4. The van der Waals surface area contributed by atoms with Crippen LogP contribution in [0.2, 0.25) is 0 Å². The van der Waals surface area contributed by atoms with Gasteiger partial charge in [-0.1, -0.05) is 13.3 Å². The van der Waals surface area contributed by atoms with Crippen LogP contribution in [0, 0.1) is 0 Å². The lowest BCUT2D eigenvalue weighted by Gasteiger charge is -2.04. The van der Waals surface area contributed by atoms with E-state index in [0.29, 0.717) is 6.61 Å². The summed E-state index contributed by atoms with van der Waals surface area (Å²) in [7, 11) is 0. The highest BCUT2D eigenvalue weighted by molar-refractivity contribution is 9.12. The number of Topliss-reactive ketones (excluding diaryl/α,β-unsaturated/α-hetero) is 1. The Balaban J connectivity index is 4.05. The minimum Gasteiger partial charge on any atom is -0.500 e. The summed E-state index contributed by atoms with van der Waals surface area (Å²) in [4.78, 5) is 10.5. The van der Waals surface area contributed by atoms with Gasteiger partial charge in [-0.15, -0.1) is 0 Å². The average Bonchev–Trinajstić information content (AvgIpc) is 2.09. The van der Waals surface area contributed by atoms with Crippen molar-refractivity contribution in [2.24, 2.45) is 0 Å². The third kappa shape index (κ3) is 5.26. The number of ether oxygens (including phenoxy) is 1. The fraction of sp³-hybridized carbons (Fsp3) is 0.625. The lowest BCUT2D eigenvalue weighted by atomic mass is 10.3. The average molecular weight is 275 g/mol. The van der Waals surface area contributed by atoms with Crippen molar-refractivity contribution in [1.29, 1.82) is 0 Å². The molecule has 0 N–H and O–H groups in total. The maximum atomic E-state index is 11.8. The Morgan fingerprint density at radius 3 is 2.50 bits per heavy atom. The normalized spacial score (nSPS) is 12.8. The van der Waals surface area contributed by atoms with Crippen LogP contribution in [0.1, 0.15) is 19.8 Å². The molecular weight excluding hydrogens is 265 g/mol. The van der Waals surface area contributed by atoms with Crippen molar-refractivity contribution in [3.05, 3.63) is 10.7 Å². The summed E-state index contributed by atoms with van der Waals surface area (Å²) in [6.07, 6.45) is -2.47. The molecule has 0 aromatic carbocycles. The van der Waals surface area contributed by atoms with E-state index in [1.54, 1.807) is 0 Å². The van der Waals surface area contributed by atoms with Gasteiger partial charge >= 0.3 is 6.18 Å². The summed E-state index contributed by atoms with van der Waals surface area (Å²) < 4.78 is 39.5. The van der Waals surface area contributed by atoms with Gasteiger partial charge in [-0.3, -0.25) is 4.79 Å². The molecule has 2 nitrogen and oxygen atoms in total. The Hall–Kier alpha value is -0.520. The predicted molar refractivity (Wildman–Crippen MR) is 48.9 cm³/mol. The molecule has 0 amide bonds. The molecule has 0 unspecified atom stereocenters. The number of ketones is 1. The molecule has 82 valence electrons. The van der Waals surface area contributed by atoms with Gasteiger partial charge < -0.3 is 4.74 Å². The molecule has 6 heteroatoms. The topological polar surface area (TPSA) is 26.3 Å². The zero-order valence-corrected chi connectivity index (χ0v) is 9.11. The summed E-state index contributed by atoms with van der Waals surface area (Å²) in [5.41, 5.74) is 0. The van der Waals surface area contributed by atoms with Crippen molar-refractivity contribution in [2.75, 3.05) is 6.61 Å². The minimum absolute atomic E-state index is 0.302. The molecule has 0 spiro atoms. The van der Waals surface area contributed by atoms with Crippen LogP contribution in [0.4, 0.5) is 13.2 Å². The second-order valence-corrected chi connectivity index (χ2v) is 3.37. The molecule has 0 aliphatic rings. The SMILES string of the molecule is CCCCO/C=C(\Br)C(=O)C(F)(F)F. The summed E-state index contributed by atoms with van der Waals surface area (Å²) in [5, 5.41) is 0. The Morgan fingerprint density at radius 1 is 1.50 bits per heavy atom. The Bertz CT molecular complexity index is 223. The van der Waals surface area contributed by atoms with Crippen LogP contribution in [-0.2, 0) is 9.53 Å². The van der Waals surface area contributed by atoms with Gasteiger partial charge in [0.05, 0.1) is 6.61 Å². The first kappa shape index (κ1) is 13.5. The molecule has 0 saturated carbocycles. The second kappa shape index (κ2) is 6.06. The first-order chi connectivity index (χ1) is 6.39. The molecule has 0 saturated heterocycles. The van der Waals surface area contributed by atoms with Gasteiger partial charge in [0.25, 0.3) is 5.78 Å². The number of allylic oxidation sites excluding steroid dienone is 1. The van der Waals surface area contributed by atoms with E-state index < -0.39 is 16.4 Å². The minimum atomic E-state index is -4.86. The van der Waals surface area contributed by atoms with Crippen LogP contribution in [0.5, 0.6) is 0 Å². The first-order valence-corrected chi connectivity index (χ1v) is 4.77. The van der Waals surface area contributed by atoms with Crippen LogP contribution in [0.15, 0.2) is 10.7 Å². The molecule has 0 radical (unpaired) electrons.